The van der Waals surface area contributed by atoms with E-state index in [-0.39, 0.29) is 0 Å². The molecule has 0 amide bonds. The lowest BCUT2D eigenvalue weighted by atomic mass is 9.70. The van der Waals surface area contributed by atoms with Gasteiger partial charge in [0.25, 0.3) is 0 Å². The van der Waals surface area contributed by atoms with E-state index in [1.54, 1.807) is 0 Å². The van der Waals surface area contributed by atoms with Crippen LogP contribution in [0, 0.1) is 17.3 Å². The predicted molar refractivity (Wildman–Crippen MR) is 75.0 cm³/mol. The van der Waals surface area contributed by atoms with Gasteiger partial charge in [0.2, 0.25) is 0 Å². The van der Waals surface area contributed by atoms with Crippen molar-refractivity contribution in [3.63, 3.8) is 0 Å². The number of carboxylic acid groups (broad SMARTS) is 1. The van der Waals surface area contributed by atoms with Gasteiger partial charge < -0.3 is 5.11 Å². The van der Waals surface area contributed by atoms with E-state index in [9.17, 15) is 9.90 Å². The van der Waals surface area contributed by atoms with E-state index in [1.807, 2.05) is 0 Å². The molecule has 0 heterocycles. The average molecular weight is 265 g/mol. The van der Waals surface area contributed by atoms with Crippen molar-refractivity contribution in [3.05, 3.63) is 0 Å². The van der Waals surface area contributed by atoms with Crippen molar-refractivity contribution >= 4 is 5.97 Å². The van der Waals surface area contributed by atoms with Crippen LogP contribution in [0.4, 0.5) is 0 Å². The smallest absolute Gasteiger partial charge is 0.310 e. The van der Waals surface area contributed by atoms with Gasteiger partial charge in [-0.25, -0.2) is 0 Å². The standard InChI is InChI=1S/C16H27NO2/c1-12-6-8-16(9-7-12,15(18)19)11-17(14-4-5-14)10-13-2-3-13/h12-14H,2-11H2,1H3,(H,18,19). The molecule has 3 aliphatic rings. The van der Waals surface area contributed by atoms with E-state index < -0.39 is 11.4 Å². The van der Waals surface area contributed by atoms with Gasteiger partial charge in [0.1, 0.15) is 0 Å². The summed E-state index contributed by atoms with van der Waals surface area (Å²) in [6.07, 6.45) is 9.26. The highest BCUT2D eigenvalue weighted by molar-refractivity contribution is 5.75. The molecule has 1 N–H and O–H groups in total. The van der Waals surface area contributed by atoms with E-state index in [0.717, 1.165) is 44.7 Å². The summed E-state index contributed by atoms with van der Waals surface area (Å²) in [5, 5.41) is 9.75. The summed E-state index contributed by atoms with van der Waals surface area (Å²) in [5.41, 5.74) is -0.440. The van der Waals surface area contributed by atoms with Crippen LogP contribution in [0.15, 0.2) is 0 Å². The summed E-state index contributed by atoms with van der Waals surface area (Å²) in [5.74, 6) is 1.04. The predicted octanol–water partition coefficient (Wildman–Crippen LogP) is 3.14. The SMILES string of the molecule is CC1CCC(CN(CC2CC2)C2CC2)(C(=O)O)CC1. The van der Waals surface area contributed by atoms with Crippen LogP contribution in [0.5, 0.6) is 0 Å². The zero-order chi connectivity index (χ0) is 13.5. The van der Waals surface area contributed by atoms with E-state index in [1.165, 1.54) is 25.7 Å². The Morgan fingerprint density at radius 3 is 2.26 bits per heavy atom. The molecular formula is C16H27NO2. The molecule has 3 aliphatic carbocycles. The van der Waals surface area contributed by atoms with Gasteiger partial charge in [-0.15, -0.1) is 0 Å². The second kappa shape index (κ2) is 5.08. The van der Waals surface area contributed by atoms with Crippen LogP contribution in [-0.4, -0.2) is 35.1 Å². The quantitative estimate of drug-likeness (QED) is 0.802. The molecule has 0 atom stereocenters. The molecule has 0 spiro atoms. The highest BCUT2D eigenvalue weighted by Gasteiger charge is 2.45. The summed E-state index contributed by atoms with van der Waals surface area (Å²) < 4.78 is 0. The second-order valence-corrected chi connectivity index (χ2v) is 7.37. The van der Waals surface area contributed by atoms with E-state index >= 15 is 0 Å². The Hall–Kier alpha value is -0.570. The minimum Gasteiger partial charge on any atom is -0.481 e. The Kier molecular flexibility index (Phi) is 3.59. The molecule has 0 aromatic heterocycles. The molecular weight excluding hydrogens is 238 g/mol. The zero-order valence-corrected chi connectivity index (χ0v) is 12.1. The lowest BCUT2D eigenvalue weighted by Gasteiger charge is -2.39. The van der Waals surface area contributed by atoms with Gasteiger partial charge in [0, 0.05) is 19.1 Å². The first kappa shape index (κ1) is 13.4. The number of hydrogen-bond acceptors (Lipinski definition) is 2. The lowest BCUT2D eigenvalue weighted by Crippen LogP contribution is -2.46. The summed E-state index contributed by atoms with van der Waals surface area (Å²) in [6, 6.07) is 0.705. The van der Waals surface area contributed by atoms with Gasteiger partial charge in [-0.3, -0.25) is 9.69 Å². The monoisotopic (exact) mass is 265 g/mol. The number of hydrogen-bond donors (Lipinski definition) is 1. The molecule has 3 fully saturated rings. The maximum absolute atomic E-state index is 11.8. The first-order valence-electron chi connectivity index (χ1n) is 8.06. The van der Waals surface area contributed by atoms with Crippen LogP contribution in [0.3, 0.4) is 0 Å². The van der Waals surface area contributed by atoms with Crippen LogP contribution >= 0.6 is 0 Å². The number of carbonyl (C=O) groups is 1. The van der Waals surface area contributed by atoms with Crippen molar-refractivity contribution in [2.75, 3.05) is 13.1 Å². The molecule has 108 valence electrons. The van der Waals surface area contributed by atoms with Gasteiger partial charge >= 0.3 is 5.97 Å². The van der Waals surface area contributed by atoms with Crippen molar-refractivity contribution in [3.8, 4) is 0 Å². The third kappa shape index (κ3) is 3.13. The van der Waals surface area contributed by atoms with Gasteiger partial charge in [0.15, 0.2) is 0 Å². The first-order chi connectivity index (χ1) is 9.09. The number of rotatable bonds is 6. The first-order valence-corrected chi connectivity index (χ1v) is 8.06. The van der Waals surface area contributed by atoms with Crippen LogP contribution in [0.2, 0.25) is 0 Å². The third-order valence-electron chi connectivity index (χ3n) is 5.44. The van der Waals surface area contributed by atoms with E-state index in [0.29, 0.717) is 12.0 Å². The van der Waals surface area contributed by atoms with E-state index in [4.69, 9.17) is 0 Å². The van der Waals surface area contributed by atoms with Crippen LogP contribution in [0.1, 0.15) is 58.3 Å². The van der Waals surface area contributed by atoms with Gasteiger partial charge in [-0.1, -0.05) is 6.92 Å². The van der Waals surface area contributed by atoms with Crippen LogP contribution in [-0.2, 0) is 4.79 Å². The fourth-order valence-electron chi connectivity index (χ4n) is 3.56. The van der Waals surface area contributed by atoms with Crippen molar-refractivity contribution in [1.82, 2.24) is 4.90 Å². The largest absolute Gasteiger partial charge is 0.481 e. The Morgan fingerprint density at radius 1 is 1.16 bits per heavy atom. The number of aliphatic carboxylic acids is 1. The zero-order valence-electron chi connectivity index (χ0n) is 12.1. The Balaban J connectivity index is 1.66. The third-order valence-corrected chi connectivity index (χ3v) is 5.44. The second-order valence-electron chi connectivity index (χ2n) is 7.37. The summed E-state index contributed by atoms with van der Waals surface area (Å²) in [7, 11) is 0. The molecule has 0 aromatic carbocycles. The van der Waals surface area contributed by atoms with Crippen molar-refractivity contribution in [1.29, 1.82) is 0 Å². The van der Waals surface area contributed by atoms with Gasteiger partial charge in [-0.05, 0) is 63.2 Å². The molecule has 3 heteroatoms. The van der Waals surface area contributed by atoms with Crippen LogP contribution in [0.25, 0.3) is 0 Å². The molecule has 0 unspecified atom stereocenters. The molecule has 3 rings (SSSR count). The summed E-state index contributed by atoms with van der Waals surface area (Å²) in [6.45, 7) is 4.24. The number of nitrogens with zero attached hydrogens (tertiary/aromatic N) is 1. The van der Waals surface area contributed by atoms with E-state index in [2.05, 4.69) is 11.8 Å². The molecule has 0 aliphatic heterocycles. The molecule has 0 saturated heterocycles. The molecule has 0 aromatic rings. The average Bonchev–Trinajstić information content (AvgIpc) is 3.25. The molecule has 3 nitrogen and oxygen atoms in total. The topological polar surface area (TPSA) is 40.5 Å². The van der Waals surface area contributed by atoms with Crippen molar-refractivity contribution in [2.45, 2.75) is 64.3 Å². The summed E-state index contributed by atoms with van der Waals surface area (Å²) in [4.78, 5) is 14.4. The lowest BCUT2D eigenvalue weighted by molar-refractivity contribution is -0.153. The fourth-order valence-corrected chi connectivity index (χ4v) is 3.56. The minimum absolute atomic E-state index is 0.440. The maximum atomic E-state index is 11.8. The van der Waals surface area contributed by atoms with Gasteiger partial charge in [0.05, 0.1) is 5.41 Å². The van der Waals surface area contributed by atoms with Crippen LogP contribution < -0.4 is 0 Å². The minimum atomic E-state index is -0.541. The summed E-state index contributed by atoms with van der Waals surface area (Å²) >= 11 is 0. The normalized spacial score (nSPS) is 35.6. The molecule has 0 radical (unpaired) electrons. The number of carboxylic acids is 1. The van der Waals surface area contributed by atoms with Crippen molar-refractivity contribution < 1.29 is 9.90 Å². The maximum Gasteiger partial charge on any atom is 0.310 e. The highest BCUT2D eigenvalue weighted by Crippen LogP contribution is 2.43. The highest BCUT2D eigenvalue weighted by atomic mass is 16.4. The molecule has 3 saturated carbocycles. The van der Waals surface area contributed by atoms with Crippen molar-refractivity contribution in [2.24, 2.45) is 17.3 Å². The fraction of sp³-hybridized carbons (Fsp3) is 0.938. The molecule has 19 heavy (non-hydrogen) atoms. The molecule has 0 bridgehead atoms. The van der Waals surface area contributed by atoms with Gasteiger partial charge in [-0.2, -0.15) is 0 Å². The Morgan fingerprint density at radius 2 is 1.79 bits per heavy atom. The Labute approximate surface area is 116 Å². The Bertz CT molecular complexity index is 339.